The van der Waals surface area contributed by atoms with Gasteiger partial charge in [-0.05, 0) is 25.9 Å². The van der Waals surface area contributed by atoms with Crippen LogP contribution in [0, 0.1) is 0 Å². The van der Waals surface area contributed by atoms with Crippen molar-refractivity contribution < 1.29 is 4.42 Å². The summed E-state index contributed by atoms with van der Waals surface area (Å²) in [5, 5.41) is 0. The molecule has 0 atom stereocenters. The molecule has 4 heteroatoms. The van der Waals surface area contributed by atoms with Crippen molar-refractivity contribution in [1.29, 1.82) is 0 Å². The van der Waals surface area contributed by atoms with Gasteiger partial charge in [0.05, 0.1) is 12.7 Å². The Morgan fingerprint density at radius 2 is 2.13 bits per heavy atom. The fraction of sp³-hybridized carbons (Fsp3) is 0.727. The van der Waals surface area contributed by atoms with E-state index in [0.717, 1.165) is 24.6 Å². The molecule has 0 radical (unpaired) electrons. The zero-order chi connectivity index (χ0) is 10.5. The zero-order valence-electron chi connectivity index (χ0n) is 9.11. The lowest BCUT2D eigenvalue weighted by atomic mass is 10.1. The summed E-state index contributed by atoms with van der Waals surface area (Å²) >= 11 is 0. The quantitative estimate of drug-likeness (QED) is 0.808. The van der Waals surface area contributed by atoms with Crippen LogP contribution in [0.3, 0.4) is 0 Å². The number of hydrogen-bond acceptors (Lipinski definition) is 4. The van der Waals surface area contributed by atoms with Gasteiger partial charge in [-0.1, -0.05) is 6.42 Å². The minimum absolute atomic E-state index is 0.441. The van der Waals surface area contributed by atoms with Gasteiger partial charge in [-0.2, -0.15) is 0 Å². The van der Waals surface area contributed by atoms with Crippen LogP contribution in [-0.2, 0) is 13.0 Å². The van der Waals surface area contributed by atoms with Crippen LogP contribution in [0.25, 0.3) is 0 Å². The van der Waals surface area contributed by atoms with E-state index in [-0.39, 0.29) is 0 Å². The van der Waals surface area contributed by atoms with Crippen molar-refractivity contribution in [3.8, 4) is 0 Å². The van der Waals surface area contributed by atoms with E-state index < -0.39 is 0 Å². The first-order valence-electron chi connectivity index (χ1n) is 5.74. The third-order valence-corrected chi connectivity index (χ3v) is 2.89. The topological polar surface area (TPSA) is 55.3 Å². The number of likely N-dealkylation sites (tertiary alicyclic amines) is 1. The molecular formula is C11H19N3O. The van der Waals surface area contributed by atoms with Gasteiger partial charge in [0.25, 0.3) is 0 Å². The Balaban J connectivity index is 1.76. The average molecular weight is 209 g/mol. The van der Waals surface area contributed by atoms with Crippen LogP contribution < -0.4 is 5.73 Å². The molecule has 0 saturated carbocycles. The Morgan fingerprint density at radius 1 is 1.33 bits per heavy atom. The largest absolute Gasteiger partial charge is 0.444 e. The van der Waals surface area contributed by atoms with Gasteiger partial charge < -0.3 is 15.1 Å². The third-order valence-electron chi connectivity index (χ3n) is 2.89. The van der Waals surface area contributed by atoms with E-state index in [1.165, 1.54) is 32.4 Å². The van der Waals surface area contributed by atoms with Crippen LogP contribution in [0.2, 0.25) is 0 Å². The monoisotopic (exact) mass is 209 g/mol. The first-order chi connectivity index (χ1) is 7.38. The van der Waals surface area contributed by atoms with Gasteiger partial charge in [0.15, 0.2) is 5.89 Å². The highest BCUT2D eigenvalue weighted by atomic mass is 16.4. The summed E-state index contributed by atoms with van der Waals surface area (Å²) in [7, 11) is 0. The minimum atomic E-state index is 0.441. The number of oxazole rings is 1. The molecule has 1 aromatic heterocycles. The van der Waals surface area contributed by atoms with Crippen LogP contribution in [0.5, 0.6) is 0 Å². The van der Waals surface area contributed by atoms with Crippen molar-refractivity contribution in [3.63, 3.8) is 0 Å². The number of hydrogen-bond donors (Lipinski definition) is 1. The molecule has 15 heavy (non-hydrogen) atoms. The molecule has 1 aromatic rings. The Bertz CT molecular complexity index is 292. The third kappa shape index (κ3) is 3.04. The smallest absolute Gasteiger partial charge is 0.195 e. The maximum Gasteiger partial charge on any atom is 0.195 e. The molecule has 1 saturated heterocycles. The van der Waals surface area contributed by atoms with Gasteiger partial charge in [-0.15, -0.1) is 0 Å². The Morgan fingerprint density at radius 3 is 2.80 bits per heavy atom. The van der Waals surface area contributed by atoms with E-state index in [1.807, 2.05) is 0 Å². The van der Waals surface area contributed by atoms with Gasteiger partial charge in [0, 0.05) is 13.0 Å². The predicted molar refractivity (Wildman–Crippen MR) is 58.4 cm³/mol. The molecule has 0 aliphatic carbocycles. The Kier molecular flexibility index (Phi) is 3.75. The fourth-order valence-corrected chi connectivity index (χ4v) is 1.99. The first kappa shape index (κ1) is 10.6. The standard InChI is InChI=1S/C11H19N3O/c12-8-10-9-13-11(15-10)4-7-14-5-2-1-3-6-14/h9H,1-8,12H2. The number of piperidine rings is 1. The second-order valence-corrected chi connectivity index (χ2v) is 4.08. The van der Waals surface area contributed by atoms with E-state index in [1.54, 1.807) is 6.20 Å². The molecule has 2 N–H and O–H groups in total. The number of aromatic nitrogens is 1. The summed E-state index contributed by atoms with van der Waals surface area (Å²) in [5.41, 5.74) is 5.46. The lowest BCUT2D eigenvalue weighted by Gasteiger charge is -2.25. The minimum Gasteiger partial charge on any atom is -0.444 e. The van der Waals surface area contributed by atoms with Crippen molar-refractivity contribution in [2.75, 3.05) is 19.6 Å². The normalized spacial score (nSPS) is 18.2. The molecule has 1 aliphatic heterocycles. The highest BCUT2D eigenvalue weighted by Gasteiger charge is 2.11. The van der Waals surface area contributed by atoms with Crippen LogP contribution in [0.4, 0.5) is 0 Å². The maximum absolute atomic E-state index is 5.46. The Labute approximate surface area is 90.5 Å². The molecule has 0 bridgehead atoms. The number of nitrogens with zero attached hydrogens (tertiary/aromatic N) is 2. The van der Waals surface area contributed by atoms with Gasteiger partial charge in [-0.3, -0.25) is 0 Å². The van der Waals surface area contributed by atoms with Gasteiger partial charge >= 0.3 is 0 Å². The second-order valence-electron chi connectivity index (χ2n) is 4.08. The van der Waals surface area contributed by atoms with E-state index in [4.69, 9.17) is 10.2 Å². The maximum atomic E-state index is 5.46. The van der Waals surface area contributed by atoms with E-state index in [0.29, 0.717) is 6.54 Å². The summed E-state index contributed by atoms with van der Waals surface area (Å²) in [6.45, 7) is 3.95. The van der Waals surface area contributed by atoms with Gasteiger partial charge in [0.1, 0.15) is 5.76 Å². The molecule has 1 fully saturated rings. The van der Waals surface area contributed by atoms with Crippen LogP contribution in [0.15, 0.2) is 10.6 Å². The molecule has 84 valence electrons. The molecular weight excluding hydrogens is 190 g/mol. The molecule has 0 aromatic carbocycles. The van der Waals surface area contributed by atoms with Gasteiger partial charge in [0.2, 0.25) is 0 Å². The molecule has 0 spiro atoms. The Hall–Kier alpha value is -0.870. The highest BCUT2D eigenvalue weighted by molar-refractivity contribution is 4.93. The average Bonchev–Trinajstić information content (AvgIpc) is 2.76. The van der Waals surface area contributed by atoms with Crippen LogP contribution in [-0.4, -0.2) is 29.5 Å². The molecule has 2 heterocycles. The molecule has 0 unspecified atom stereocenters. The summed E-state index contributed by atoms with van der Waals surface area (Å²) in [4.78, 5) is 6.68. The van der Waals surface area contributed by atoms with Crippen molar-refractivity contribution >= 4 is 0 Å². The molecule has 2 rings (SSSR count). The van der Waals surface area contributed by atoms with Crippen molar-refractivity contribution in [2.24, 2.45) is 5.73 Å². The molecule has 0 amide bonds. The highest BCUT2D eigenvalue weighted by Crippen LogP contribution is 2.10. The second kappa shape index (κ2) is 5.28. The van der Waals surface area contributed by atoms with Crippen molar-refractivity contribution in [2.45, 2.75) is 32.2 Å². The van der Waals surface area contributed by atoms with Crippen molar-refractivity contribution in [3.05, 3.63) is 17.8 Å². The van der Waals surface area contributed by atoms with Crippen LogP contribution in [0.1, 0.15) is 30.9 Å². The summed E-state index contributed by atoms with van der Waals surface area (Å²) in [6, 6.07) is 0. The van der Waals surface area contributed by atoms with E-state index in [9.17, 15) is 0 Å². The van der Waals surface area contributed by atoms with Gasteiger partial charge in [-0.25, -0.2) is 4.98 Å². The first-order valence-corrected chi connectivity index (χ1v) is 5.74. The zero-order valence-corrected chi connectivity index (χ0v) is 9.11. The summed E-state index contributed by atoms with van der Waals surface area (Å²) < 4.78 is 5.46. The summed E-state index contributed by atoms with van der Waals surface area (Å²) in [5.74, 6) is 1.60. The van der Waals surface area contributed by atoms with Crippen molar-refractivity contribution in [1.82, 2.24) is 9.88 Å². The van der Waals surface area contributed by atoms with Crippen LogP contribution >= 0.6 is 0 Å². The number of nitrogens with two attached hydrogens (primary N) is 1. The fourth-order valence-electron chi connectivity index (χ4n) is 1.99. The lowest BCUT2D eigenvalue weighted by Crippen LogP contribution is -2.31. The lowest BCUT2D eigenvalue weighted by molar-refractivity contribution is 0.225. The summed E-state index contributed by atoms with van der Waals surface area (Å²) in [6.07, 6.45) is 6.68. The number of rotatable bonds is 4. The molecule has 1 aliphatic rings. The predicted octanol–water partition coefficient (Wildman–Crippen LogP) is 1.16. The SMILES string of the molecule is NCc1cnc(CCN2CCCCC2)o1. The van der Waals surface area contributed by atoms with E-state index in [2.05, 4.69) is 9.88 Å². The van der Waals surface area contributed by atoms with E-state index >= 15 is 0 Å². The molecule has 4 nitrogen and oxygen atoms in total.